The van der Waals surface area contributed by atoms with Gasteiger partial charge in [-0.05, 0) is 39.0 Å². The molecule has 1 fully saturated rings. The molecule has 1 atom stereocenters. The fourth-order valence-corrected chi connectivity index (χ4v) is 2.29. The van der Waals surface area contributed by atoms with Gasteiger partial charge in [0.25, 0.3) is 0 Å². The molecule has 0 bridgehead atoms. The second kappa shape index (κ2) is 6.02. The Morgan fingerprint density at radius 3 is 2.28 bits per heavy atom. The number of carbonyl (C=O) groups is 1. The van der Waals surface area contributed by atoms with E-state index in [-0.39, 0.29) is 11.6 Å². The third-order valence-electron chi connectivity index (χ3n) is 4.14. The van der Waals surface area contributed by atoms with Gasteiger partial charge < -0.3 is 15.2 Å². The van der Waals surface area contributed by atoms with Gasteiger partial charge in [-0.1, -0.05) is 12.8 Å². The molecule has 18 heavy (non-hydrogen) atoms. The van der Waals surface area contributed by atoms with E-state index in [1.54, 1.807) is 7.11 Å². The molecule has 0 amide bonds. The molecule has 0 aliphatic heterocycles. The van der Waals surface area contributed by atoms with Crippen LogP contribution in [0.5, 0.6) is 0 Å². The average molecular weight is 257 g/mol. The van der Waals surface area contributed by atoms with Gasteiger partial charge in [-0.2, -0.15) is 0 Å². The van der Waals surface area contributed by atoms with E-state index < -0.39 is 5.41 Å². The van der Waals surface area contributed by atoms with E-state index in [0.717, 1.165) is 19.3 Å². The first-order valence-electron chi connectivity index (χ1n) is 6.73. The second-order valence-corrected chi connectivity index (χ2v) is 6.09. The van der Waals surface area contributed by atoms with Crippen molar-refractivity contribution in [3.8, 4) is 0 Å². The van der Waals surface area contributed by atoms with E-state index in [1.165, 1.54) is 20.0 Å². The summed E-state index contributed by atoms with van der Waals surface area (Å²) in [7, 11) is 3.14. The van der Waals surface area contributed by atoms with Crippen LogP contribution in [-0.4, -0.2) is 32.3 Å². The van der Waals surface area contributed by atoms with Gasteiger partial charge in [0.2, 0.25) is 0 Å². The first-order chi connectivity index (χ1) is 8.39. The monoisotopic (exact) mass is 257 g/mol. The molecule has 1 saturated carbocycles. The average Bonchev–Trinajstić information content (AvgIpc) is 3.17. The van der Waals surface area contributed by atoms with Crippen molar-refractivity contribution in [2.45, 2.75) is 51.6 Å². The predicted molar refractivity (Wildman–Crippen MR) is 71.2 cm³/mol. The number of rotatable bonds is 8. The van der Waals surface area contributed by atoms with Gasteiger partial charge in [0.05, 0.1) is 18.1 Å². The van der Waals surface area contributed by atoms with Gasteiger partial charge in [-0.3, -0.25) is 4.79 Å². The minimum Gasteiger partial charge on any atom is -0.469 e. The molecule has 4 heteroatoms. The van der Waals surface area contributed by atoms with E-state index in [2.05, 4.69) is 0 Å². The van der Waals surface area contributed by atoms with E-state index in [1.807, 2.05) is 13.8 Å². The molecule has 0 saturated heterocycles. The Hall–Kier alpha value is -0.610. The lowest BCUT2D eigenvalue weighted by Crippen LogP contribution is -2.42. The zero-order valence-corrected chi connectivity index (χ0v) is 12.1. The Morgan fingerprint density at radius 2 is 1.89 bits per heavy atom. The Balaban J connectivity index is 2.71. The van der Waals surface area contributed by atoms with Gasteiger partial charge in [0, 0.05) is 13.7 Å². The highest BCUT2D eigenvalue weighted by molar-refractivity contribution is 5.77. The fourth-order valence-electron chi connectivity index (χ4n) is 2.29. The van der Waals surface area contributed by atoms with E-state index >= 15 is 0 Å². The molecule has 0 radical (unpaired) electrons. The minimum atomic E-state index is -0.522. The molecule has 4 nitrogen and oxygen atoms in total. The zero-order valence-electron chi connectivity index (χ0n) is 12.1. The number of nitrogens with two attached hydrogens (primary N) is 1. The van der Waals surface area contributed by atoms with Crippen LogP contribution in [0.1, 0.15) is 46.0 Å². The van der Waals surface area contributed by atoms with Crippen molar-refractivity contribution >= 4 is 5.97 Å². The van der Waals surface area contributed by atoms with Crippen LogP contribution in [0.2, 0.25) is 0 Å². The van der Waals surface area contributed by atoms with Crippen LogP contribution in [0.15, 0.2) is 0 Å². The summed E-state index contributed by atoms with van der Waals surface area (Å²) < 4.78 is 10.4. The number of hydrogen-bond acceptors (Lipinski definition) is 4. The van der Waals surface area contributed by atoms with Gasteiger partial charge in [0.15, 0.2) is 0 Å². The lowest BCUT2D eigenvalue weighted by molar-refractivity contribution is -0.154. The number of esters is 1. The van der Waals surface area contributed by atoms with Crippen LogP contribution in [-0.2, 0) is 14.3 Å². The standard InChI is InChI=1S/C14H27NO3/c1-13(2,18-4)7-8-14(10-15,12(16)17-3)9-11-5-6-11/h11H,5-10,15H2,1-4H3. The lowest BCUT2D eigenvalue weighted by Gasteiger charge is -2.33. The van der Waals surface area contributed by atoms with Crippen LogP contribution >= 0.6 is 0 Å². The smallest absolute Gasteiger partial charge is 0.313 e. The molecule has 0 aromatic carbocycles. The summed E-state index contributed by atoms with van der Waals surface area (Å²) in [5, 5.41) is 0. The molecule has 1 unspecified atom stereocenters. The zero-order chi connectivity index (χ0) is 13.8. The maximum absolute atomic E-state index is 12.1. The minimum absolute atomic E-state index is 0.163. The highest BCUT2D eigenvalue weighted by Gasteiger charge is 2.43. The van der Waals surface area contributed by atoms with Crippen molar-refractivity contribution in [2.75, 3.05) is 20.8 Å². The molecular formula is C14H27NO3. The molecule has 1 rings (SSSR count). The highest BCUT2D eigenvalue weighted by atomic mass is 16.5. The third-order valence-corrected chi connectivity index (χ3v) is 4.14. The molecule has 1 aliphatic rings. The van der Waals surface area contributed by atoms with Crippen molar-refractivity contribution in [1.29, 1.82) is 0 Å². The summed E-state index contributed by atoms with van der Waals surface area (Å²) in [6.07, 6.45) is 4.82. The quantitative estimate of drug-likeness (QED) is 0.676. The van der Waals surface area contributed by atoms with Crippen LogP contribution < -0.4 is 5.73 Å². The molecule has 2 N–H and O–H groups in total. The number of methoxy groups -OCH3 is 2. The maximum Gasteiger partial charge on any atom is 0.313 e. The molecule has 1 aliphatic carbocycles. The molecule has 0 aromatic heterocycles. The van der Waals surface area contributed by atoms with E-state index in [4.69, 9.17) is 15.2 Å². The maximum atomic E-state index is 12.1. The van der Waals surface area contributed by atoms with Crippen LogP contribution in [0.3, 0.4) is 0 Å². The van der Waals surface area contributed by atoms with Gasteiger partial charge in [0.1, 0.15) is 0 Å². The number of hydrogen-bond donors (Lipinski definition) is 1. The van der Waals surface area contributed by atoms with Gasteiger partial charge in [-0.15, -0.1) is 0 Å². The third kappa shape index (κ3) is 3.95. The Labute approximate surface area is 110 Å². The first-order valence-corrected chi connectivity index (χ1v) is 6.73. The highest BCUT2D eigenvalue weighted by Crippen LogP contribution is 2.43. The summed E-state index contributed by atoms with van der Waals surface area (Å²) in [6.45, 7) is 4.42. The molecule has 0 heterocycles. The van der Waals surface area contributed by atoms with Crippen molar-refractivity contribution in [1.82, 2.24) is 0 Å². The fraction of sp³-hybridized carbons (Fsp3) is 0.929. The van der Waals surface area contributed by atoms with E-state index in [9.17, 15) is 4.79 Å². The summed E-state index contributed by atoms with van der Waals surface area (Å²) in [4.78, 5) is 12.1. The Bertz CT molecular complexity index is 287. The predicted octanol–water partition coefficient (Wildman–Crippen LogP) is 2.11. The summed E-state index contributed by atoms with van der Waals surface area (Å²) >= 11 is 0. The number of ether oxygens (including phenoxy) is 2. The Morgan fingerprint density at radius 1 is 1.28 bits per heavy atom. The summed E-state index contributed by atoms with van der Waals surface area (Å²) in [5.74, 6) is 0.488. The van der Waals surface area contributed by atoms with Crippen molar-refractivity contribution in [3.63, 3.8) is 0 Å². The van der Waals surface area contributed by atoms with Crippen molar-refractivity contribution in [3.05, 3.63) is 0 Å². The van der Waals surface area contributed by atoms with Crippen LogP contribution in [0, 0.1) is 11.3 Å². The molecule has 0 spiro atoms. The molecular weight excluding hydrogens is 230 g/mol. The summed E-state index contributed by atoms with van der Waals surface area (Å²) in [5.41, 5.74) is 5.14. The van der Waals surface area contributed by atoms with E-state index in [0.29, 0.717) is 12.5 Å². The van der Waals surface area contributed by atoms with Gasteiger partial charge >= 0.3 is 5.97 Å². The number of carbonyl (C=O) groups excluding carboxylic acids is 1. The molecule has 0 aromatic rings. The van der Waals surface area contributed by atoms with Crippen LogP contribution in [0.4, 0.5) is 0 Å². The summed E-state index contributed by atoms with van der Waals surface area (Å²) in [6, 6.07) is 0. The SMILES string of the molecule is COC(=O)C(CN)(CCC(C)(C)OC)CC1CC1. The normalized spacial score (nSPS) is 19.4. The largest absolute Gasteiger partial charge is 0.469 e. The molecule has 106 valence electrons. The lowest BCUT2D eigenvalue weighted by atomic mass is 9.76. The second-order valence-electron chi connectivity index (χ2n) is 6.09. The van der Waals surface area contributed by atoms with Crippen molar-refractivity contribution < 1.29 is 14.3 Å². The Kier molecular flexibility index (Phi) is 5.17. The van der Waals surface area contributed by atoms with Crippen molar-refractivity contribution in [2.24, 2.45) is 17.1 Å². The van der Waals surface area contributed by atoms with Crippen LogP contribution in [0.25, 0.3) is 0 Å². The first kappa shape index (κ1) is 15.4. The topological polar surface area (TPSA) is 61.5 Å². The van der Waals surface area contributed by atoms with Gasteiger partial charge in [-0.25, -0.2) is 0 Å².